The van der Waals surface area contributed by atoms with Gasteiger partial charge < -0.3 is 10.1 Å². The number of alkyl halides is 1. The van der Waals surface area contributed by atoms with Crippen LogP contribution in [0, 0.1) is 23.7 Å². The Balaban J connectivity index is 1.70. The molecule has 0 aromatic rings. The summed E-state index contributed by atoms with van der Waals surface area (Å²) < 4.78 is 5.16. The van der Waals surface area contributed by atoms with E-state index in [9.17, 15) is 4.79 Å². The van der Waals surface area contributed by atoms with Gasteiger partial charge in [0.1, 0.15) is 0 Å². The van der Waals surface area contributed by atoms with Gasteiger partial charge >= 0.3 is 5.97 Å². The number of piperidine rings is 1. The first kappa shape index (κ1) is 16.8. The first-order valence-electron chi connectivity index (χ1n) is 9.12. The number of halogens is 1. The van der Waals surface area contributed by atoms with Crippen molar-refractivity contribution >= 4 is 21.9 Å². The van der Waals surface area contributed by atoms with Gasteiger partial charge in [-0.25, -0.2) is 0 Å². The zero-order chi connectivity index (χ0) is 15.7. The minimum Gasteiger partial charge on any atom is -0.469 e. The van der Waals surface area contributed by atoms with E-state index in [1.54, 1.807) is 7.11 Å². The summed E-state index contributed by atoms with van der Waals surface area (Å²) in [6, 6.07) is 0.997. The summed E-state index contributed by atoms with van der Waals surface area (Å²) >= 11 is 3.95. The molecule has 2 bridgehead atoms. The molecular formula is C18H30BrNO2. The Bertz CT molecular complexity index is 403. The first-order chi connectivity index (χ1) is 10.6. The molecule has 0 aromatic heterocycles. The van der Waals surface area contributed by atoms with Crippen LogP contribution in [0.2, 0.25) is 0 Å². The van der Waals surface area contributed by atoms with E-state index in [0.717, 1.165) is 12.3 Å². The zero-order valence-corrected chi connectivity index (χ0v) is 15.5. The number of hydrogen-bond acceptors (Lipinski definition) is 3. The normalized spacial score (nSPS) is 44.8. The van der Waals surface area contributed by atoms with Crippen molar-refractivity contribution in [3.63, 3.8) is 0 Å². The van der Waals surface area contributed by atoms with Crippen LogP contribution >= 0.6 is 15.9 Å². The number of esters is 1. The molecular weight excluding hydrogens is 342 g/mol. The number of nitrogens with one attached hydrogen (secondary N) is 1. The van der Waals surface area contributed by atoms with Gasteiger partial charge in [-0.3, -0.25) is 4.79 Å². The second-order valence-corrected chi connectivity index (χ2v) is 8.81. The average molecular weight is 372 g/mol. The van der Waals surface area contributed by atoms with Crippen LogP contribution in [-0.2, 0) is 9.53 Å². The number of rotatable bonds is 4. The Kier molecular flexibility index (Phi) is 5.49. The van der Waals surface area contributed by atoms with Gasteiger partial charge in [-0.2, -0.15) is 0 Å². The number of carbonyl (C=O) groups excluding carboxylic acids is 1. The molecule has 3 fully saturated rings. The molecule has 7 atom stereocenters. The van der Waals surface area contributed by atoms with E-state index in [2.05, 4.69) is 28.2 Å². The standard InChI is InChI=1S/C18H30BrNO2/c1-3-4-11-5-6-12(9-15(11)19)14-10-13-7-8-16(20-13)17(14)18(21)22-2/h11-17,20H,3-10H2,1-2H3/t11?,12?,13-,14-,15?,16?,17?/m1/s1. The van der Waals surface area contributed by atoms with E-state index in [1.807, 2.05) is 0 Å². The summed E-state index contributed by atoms with van der Waals surface area (Å²) in [6.45, 7) is 2.28. The topological polar surface area (TPSA) is 38.3 Å². The van der Waals surface area contributed by atoms with Crippen molar-refractivity contribution in [1.82, 2.24) is 5.32 Å². The van der Waals surface area contributed by atoms with Crippen LogP contribution in [-0.4, -0.2) is 30.0 Å². The molecule has 1 saturated carbocycles. The van der Waals surface area contributed by atoms with Gasteiger partial charge in [0.25, 0.3) is 0 Å². The fraction of sp³-hybridized carbons (Fsp3) is 0.944. The predicted molar refractivity (Wildman–Crippen MR) is 92.0 cm³/mol. The molecule has 3 aliphatic rings. The lowest BCUT2D eigenvalue weighted by Gasteiger charge is -2.44. The van der Waals surface area contributed by atoms with Crippen molar-refractivity contribution in [2.24, 2.45) is 23.7 Å². The minimum atomic E-state index is 0.0182. The van der Waals surface area contributed by atoms with E-state index in [0.29, 0.717) is 28.7 Å². The van der Waals surface area contributed by atoms with Crippen LogP contribution in [0.1, 0.15) is 58.3 Å². The van der Waals surface area contributed by atoms with Gasteiger partial charge in [-0.1, -0.05) is 29.3 Å². The van der Waals surface area contributed by atoms with Gasteiger partial charge in [0.15, 0.2) is 0 Å². The number of fused-ring (bicyclic) bond motifs is 2. The lowest BCUT2D eigenvalue weighted by molar-refractivity contribution is -0.151. The summed E-state index contributed by atoms with van der Waals surface area (Å²) in [7, 11) is 1.55. The molecule has 2 heterocycles. The highest BCUT2D eigenvalue weighted by atomic mass is 79.9. The van der Waals surface area contributed by atoms with E-state index in [4.69, 9.17) is 4.74 Å². The maximum Gasteiger partial charge on any atom is 0.310 e. The molecule has 2 aliphatic heterocycles. The van der Waals surface area contributed by atoms with Crippen LogP contribution in [0.3, 0.4) is 0 Å². The Morgan fingerprint density at radius 2 is 2.05 bits per heavy atom. The number of methoxy groups -OCH3 is 1. The van der Waals surface area contributed by atoms with Crippen molar-refractivity contribution in [2.45, 2.75) is 75.2 Å². The second kappa shape index (κ2) is 7.21. The van der Waals surface area contributed by atoms with E-state index in [1.165, 1.54) is 44.9 Å². The molecule has 0 amide bonds. The SMILES string of the molecule is CCCC1CCC([C@H]2C[C@H]3CCC(N3)C2C(=O)OC)CC1Br. The highest BCUT2D eigenvalue weighted by Crippen LogP contribution is 2.47. The van der Waals surface area contributed by atoms with Crippen molar-refractivity contribution in [2.75, 3.05) is 7.11 Å². The van der Waals surface area contributed by atoms with Crippen molar-refractivity contribution in [3.8, 4) is 0 Å². The summed E-state index contributed by atoms with van der Waals surface area (Å²) in [5.41, 5.74) is 0. The monoisotopic (exact) mass is 371 g/mol. The van der Waals surface area contributed by atoms with Crippen LogP contribution in [0.25, 0.3) is 0 Å². The molecule has 0 aromatic carbocycles. The van der Waals surface area contributed by atoms with Gasteiger partial charge in [-0.05, 0) is 62.7 Å². The molecule has 4 heteroatoms. The molecule has 5 unspecified atom stereocenters. The Morgan fingerprint density at radius 3 is 2.73 bits per heavy atom. The lowest BCUT2D eigenvalue weighted by atomic mass is 9.67. The minimum absolute atomic E-state index is 0.0182. The summed E-state index contributed by atoms with van der Waals surface area (Å²) in [6.07, 6.45) is 10.0. The highest BCUT2D eigenvalue weighted by molar-refractivity contribution is 9.09. The summed E-state index contributed by atoms with van der Waals surface area (Å²) in [5, 5.41) is 3.65. The molecule has 126 valence electrons. The third-order valence-corrected chi connectivity index (χ3v) is 7.53. The van der Waals surface area contributed by atoms with E-state index in [-0.39, 0.29) is 11.9 Å². The largest absolute Gasteiger partial charge is 0.469 e. The maximum atomic E-state index is 12.4. The van der Waals surface area contributed by atoms with Crippen molar-refractivity contribution < 1.29 is 9.53 Å². The predicted octanol–water partition coefficient (Wildman–Crippen LogP) is 3.90. The smallest absolute Gasteiger partial charge is 0.310 e. The Morgan fingerprint density at radius 1 is 1.23 bits per heavy atom. The average Bonchev–Trinajstić information content (AvgIpc) is 2.90. The molecule has 0 spiro atoms. The molecule has 3 nitrogen and oxygen atoms in total. The van der Waals surface area contributed by atoms with Crippen LogP contribution < -0.4 is 5.32 Å². The molecule has 1 aliphatic carbocycles. The van der Waals surface area contributed by atoms with Gasteiger partial charge in [0.05, 0.1) is 13.0 Å². The van der Waals surface area contributed by atoms with Gasteiger partial charge in [0.2, 0.25) is 0 Å². The van der Waals surface area contributed by atoms with E-state index >= 15 is 0 Å². The third-order valence-electron chi connectivity index (χ3n) is 6.41. The Labute approximate surface area is 143 Å². The van der Waals surface area contributed by atoms with Crippen LogP contribution in [0.15, 0.2) is 0 Å². The molecule has 2 saturated heterocycles. The van der Waals surface area contributed by atoms with E-state index < -0.39 is 0 Å². The zero-order valence-electron chi connectivity index (χ0n) is 13.9. The summed E-state index contributed by atoms with van der Waals surface area (Å²) in [4.78, 5) is 13.0. The third kappa shape index (κ3) is 3.24. The maximum absolute atomic E-state index is 12.4. The molecule has 0 radical (unpaired) electrons. The number of ether oxygens (including phenoxy) is 1. The molecule has 3 rings (SSSR count). The fourth-order valence-electron chi connectivity index (χ4n) is 5.35. The number of carbonyl (C=O) groups is 1. The van der Waals surface area contributed by atoms with Crippen LogP contribution in [0.4, 0.5) is 0 Å². The molecule has 1 N–H and O–H groups in total. The first-order valence-corrected chi connectivity index (χ1v) is 10.0. The van der Waals surface area contributed by atoms with Gasteiger partial charge in [-0.15, -0.1) is 0 Å². The van der Waals surface area contributed by atoms with Crippen molar-refractivity contribution in [3.05, 3.63) is 0 Å². The highest BCUT2D eigenvalue weighted by Gasteiger charge is 2.49. The molecule has 22 heavy (non-hydrogen) atoms. The van der Waals surface area contributed by atoms with Crippen molar-refractivity contribution in [1.29, 1.82) is 0 Å². The summed E-state index contributed by atoms with van der Waals surface area (Å²) in [5.74, 6) is 2.14. The fourth-order valence-corrected chi connectivity index (χ4v) is 6.36. The second-order valence-electron chi connectivity index (χ2n) is 7.63. The van der Waals surface area contributed by atoms with Crippen LogP contribution in [0.5, 0.6) is 0 Å². The Hall–Kier alpha value is -0.0900. The van der Waals surface area contributed by atoms with Gasteiger partial charge in [0, 0.05) is 16.9 Å². The number of hydrogen-bond donors (Lipinski definition) is 1. The lowest BCUT2D eigenvalue weighted by Crippen LogP contribution is -2.51. The quantitative estimate of drug-likeness (QED) is 0.601.